The van der Waals surface area contributed by atoms with E-state index in [4.69, 9.17) is 0 Å². The van der Waals surface area contributed by atoms with Gasteiger partial charge in [0.25, 0.3) is 5.69 Å². The number of hydrogen-bond acceptors (Lipinski definition) is 3. The molecule has 16 heavy (non-hydrogen) atoms. The van der Waals surface area contributed by atoms with Crippen molar-refractivity contribution in [2.24, 2.45) is 7.05 Å². The molecule has 1 heterocycles. The average Bonchev–Trinajstić information content (AvgIpc) is 2.57. The molecule has 0 amide bonds. The number of nitrogens with zero attached hydrogens (tertiary/aromatic N) is 2. The van der Waals surface area contributed by atoms with Crippen molar-refractivity contribution in [3.8, 4) is 0 Å². The number of benzene rings is 1. The fraction of sp³-hybridized carbons (Fsp3) is 0.273. The van der Waals surface area contributed by atoms with Crippen LogP contribution in [0, 0.1) is 10.1 Å². The summed E-state index contributed by atoms with van der Waals surface area (Å²) in [7, 11) is 3.66. The maximum absolute atomic E-state index is 10.9. The molecular formula is C11H13N3O2. The molecule has 5 heteroatoms. The van der Waals surface area contributed by atoms with Crippen LogP contribution in [0.2, 0.25) is 0 Å². The maximum Gasteiger partial charge on any atom is 0.294 e. The highest BCUT2D eigenvalue weighted by molar-refractivity contribution is 5.90. The van der Waals surface area contributed by atoms with Crippen LogP contribution in [0.3, 0.4) is 0 Å². The summed E-state index contributed by atoms with van der Waals surface area (Å²) in [6.07, 6.45) is 1.55. The van der Waals surface area contributed by atoms with Gasteiger partial charge in [0.2, 0.25) is 0 Å². The molecule has 1 aromatic heterocycles. The van der Waals surface area contributed by atoms with Crippen LogP contribution in [0.15, 0.2) is 24.4 Å². The lowest BCUT2D eigenvalue weighted by Crippen LogP contribution is -2.04. The van der Waals surface area contributed by atoms with Gasteiger partial charge < -0.3 is 9.88 Å². The zero-order valence-electron chi connectivity index (χ0n) is 9.23. The predicted octanol–water partition coefficient (Wildman–Crippen LogP) is 1.81. The zero-order valence-corrected chi connectivity index (χ0v) is 9.23. The van der Waals surface area contributed by atoms with Crippen molar-refractivity contribution >= 4 is 16.6 Å². The first-order chi connectivity index (χ1) is 7.63. The Morgan fingerprint density at radius 1 is 1.50 bits per heavy atom. The molecule has 0 aliphatic heterocycles. The minimum atomic E-state index is -0.342. The summed E-state index contributed by atoms with van der Waals surface area (Å²) in [4.78, 5) is 10.5. The average molecular weight is 219 g/mol. The lowest BCUT2D eigenvalue weighted by Gasteiger charge is -2.00. The number of nitro groups is 1. The van der Waals surface area contributed by atoms with E-state index in [-0.39, 0.29) is 10.6 Å². The third-order valence-corrected chi connectivity index (χ3v) is 2.61. The van der Waals surface area contributed by atoms with Crippen LogP contribution in [0.4, 0.5) is 5.69 Å². The molecule has 0 aliphatic carbocycles. The highest BCUT2D eigenvalue weighted by Crippen LogP contribution is 2.27. The minimum Gasteiger partial charge on any atom is -0.344 e. The Morgan fingerprint density at radius 3 is 2.88 bits per heavy atom. The summed E-state index contributed by atoms with van der Waals surface area (Å²) in [5.41, 5.74) is 2.09. The fourth-order valence-corrected chi connectivity index (χ4v) is 1.88. The number of aryl methyl sites for hydroxylation is 1. The molecule has 5 nitrogen and oxygen atoms in total. The van der Waals surface area contributed by atoms with Crippen LogP contribution in [0.5, 0.6) is 0 Å². The lowest BCUT2D eigenvalue weighted by molar-refractivity contribution is -0.383. The number of rotatable bonds is 3. The van der Waals surface area contributed by atoms with Gasteiger partial charge in [-0.2, -0.15) is 0 Å². The highest BCUT2D eigenvalue weighted by atomic mass is 16.6. The molecule has 0 atom stereocenters. The summed E-state index contributed by atoms with van der Waals surface area (Å²) in [5.74, 6) is 0. The van der Waals surface area contributed by atoms with Crippen molar-refractivity contribution in [2.45, 2.75) is 6.54 Å². The summed E-state index contributed by atoms with van der Waals surface area (Å²) < 4.78 is 1.77. The third kappa shape index (κ3) is 1.65. The highest BCUT2D eigenvalue weighted by Gasteiger charge is 2.15. The van der Waals surface area contributed by atoms with E-state index < -0.39 is 0 Å². The second-order valence-electron chi connectivity index (χ2n) is 3.76. The molecule has 0 aliphatic rings. The van der Waals surface area contributed by atoms with E-state index in [1.807, 2.05) is 32.3 Å². The van der Waals surface area contributed by atoms with Crippen LogP contribution >= 0.6 is 0 Å². The smallest absolute Gasteiger partial charge is 0.294 e. The molecule has 0 spiro atoms. The van der Waals surface area contributed by atoms with Gasteiger partial charge in [-0.15, -0.1) is 0 Å². The van der Waals surface area contributed by atoms with Gasteiger partial charge in [-0.3, -0.25) is 10.1 Å². The number of hydrogen-bond donors (Lipinski definition) is 1. The van der Waals surface area contributed by atoms with Crippen LogP contribution < -0.4 is 5.32 Å². The molecule has 1 N–H and O–H groups in total. The van der Waals surface area contributed by atoms with E-state index >= 15 is 0 Å². The quantitative estimate of drug-likeness (QED) is 0.632. The molecule has 0 saturated heterocycles. The van der Waals surface area contributed by atoms with Crippen molar-refractivity contribution in [1.29, 1.82) is 0 Å². The Morgan fingerprint density at radius 2 is 2.25 bits per heavy atom. The molecule has 0 unspecified atom stereocenters. The Kier molecular flexibility index (Phi) is 2.62. The maximum atomic E-state index is 10.9. The topological polar surface area (TPSA) is 60.1 Å². The molecule has 84 valence electrons. The number of nitrogens with one attached hydrogen (secondary N) is 1. The van der Waals surface area contributed by atoms with E-state index in [1.165, 1.54) is 0 Å². The summed E-state index contributed by atoms with van der Waals surface area (Å²) in [6.45, 7) is 0.710. The van der Waals surface area contributed by atoms with Crippen molar-refractivity contribution in [1.82, 2.24) is 9.88 Å². The van der Waals surface area contributed by atoms with Crippen molar-refractivity contribution in [3.05, 3.63) is 40.1 Å². The Hall–Kier alpha value is -1.88. The second-order valence-corrected chi connectivity index (χ2v) is 3.76. The molecule has 0 bridgehead atoms. The van der Waals surface area contributed by atoms with Crippen molar-refractivity contribution in [3.63, 3.8) is 0 Å². The van der Waals surface area contributed by atoms with Gasteiger partial charge in [-0.25, -0.2) is 0 Å². The normalized spacial score (nSPS) is 10.9. The first-order valence-corrected chi connectivity index (χ1v) is 5.00. The monoisotopic (exact) mass is 219 g/mol. The second kappa shape index (κ2) is 3.94. The van der Waals surface area contributed by atoms with Crippen LogP contribution in [0.1, 0.15) is 5.56 Å². The minimum absolute atomic E-state index is 0.162. The van der Waals surface area contributed by atoms with E-state index in [1.54, 1.807) is 10.8 Å². The molecule has 0 saturated carbocycles. The first kappa shape index (κ1) is 10.6. The van der Waals surface area contributed by atoms with E-state index in [0.29, 0.717) is 11.9 Å². The van der Waals surface area contributed by atoms with Gasteiger partial charge in [0, 0.05) is 13.6 Å². The largest absolute Gasteiger partial charge is 0.344 e. The van der Waals surface area contributed by atoms with E-state index in [9.17, 15) is 10.1 Å². The van der Waals surface area contributed by atoms with Crippen LogP contribution in [0.25, 0.3) is 10.9 Å². The molecule has 2 rings (SSSR count). The lowest BCUT2D eigenvalue weighted by atomic mass is 10.1. The molecular weight excluding hydrogens is 206 g/mol. The van der Waals surface area contributed by atoms with Crippen molar-refractivity contribution in [2.75, 3.05) is 7.05 Å². The van der Waals surface area contributed by atoms with Gasteiger partial charge in [-0.05, 0) is 24.7 Å². The van der Waals surface area contributed by atoms with Crippen LogP contribution in [-0.2, 0) is 13.6 Å². The number of aromatic nitrogens is 1. The van der Waals surface area contributed by atoms with E-state index in [2.05, 4.69) is 5.32 Å². The third-order valence-electron chi connectivity index (χ3n) is 2.61. The molecule has 0 radical (unpaired) electrons. The van der Waals surface area contributed by atoms with Gasteiger partial charge in [0.1, 0.15) is 0 Å². The van der Waals surface area contributed by atoms with Gasteiger partial charge in [-0.1, -0.05) is 6.07 Å². The standard InChI is InChI=1S/C11H13N3O2/c1-12-6-8-3-4-10-9(5-8)11(14(15)16)7-13(10)2/h3-5,7,12H,6H2,1-2H3. The first-order valence-electron chi connectivity index (χ1n) is 5.00. The van der Waals surface area contributed by atoms with E-state index in [0.717, 1.165) is 11.1 Å². The van der Waals surface area contributed by atoms with Gasteiger partial charge in [0.15, 0.2) is 0 Å². The van der Waals surface area contributed by atoms with Gasteiger partial charge >= 0.3 is 0 Å². The summed E-state index contributed by atoms with van der Waals surface area (Å²) >= 11 is 0. The summed E-state index contributed by atoms with van der Waals surface area (Å²) in [5, 5.41) is 14.6. The Labute approximate surface area is 92.8 Å². The summed E-state index contributed by atoms with van der Waals surface area (Å²) in [6, 6.07) is 5.75. The number of fused-ring (bicyclic) bond motifs is 1. The SMILES string of the molecule is CNCc1ccc2c(c1)c([N+](=O)[O-])cn2C. The van der Waals surface area contributed by atoms with Crippen molar-refractivity contribution < 1.29 is 4.92 Å². The van der Waals surface area contributed by atoms with Crippen LogP contribution in [-0.4, -0.2) is 16.5 Å². The Bertz CT molecular complexity index is 545. The van der Waals surface area contributed by atoms with Gasteiger partial charge in [0.05, 0.1) is 22.0 Å². The molecule has 1 aromatic carbocycles. The molecule has 0 fully saturated rings. The predicted molar refractivity (Wildman–Crippen MR) is 62.3 cm³/mol. The fourth-order valence-electron chi connectivity index (χ4n) is 1.88. The Balaban J connectivity index is 2.64. The zero-order chi connectivity index (χ0) is 11.7. The molecule has 2 aromatic rings.